The molecule has 2 aromatic carbocycles. The van der Waals surface area contributed by atoms with E-state index in [1.54, 1.807) is 13.2 Å². The van der Waals surface area contributed by atoms with Crippen molar-refractivity contribution >= 4 is 57.8 Å². The molecule has 360 valence electrons. The highest BCUT2D eigenvalue weighted by Gasteiger charge is 2.43. The lowest BCUT2D eigenvalue weighted by molar-refractivity contribution is -0.119. The van der Waals surface area contributed by atoms with Gasteiger partial charge >= 0.3 is 0 Å². The zero-order valence-corrected chi connectivity index (χ0v) is 40.5. The van der Waals surface area contributed by atoms with Gasteiger partial charge in [0.05, 0.1) is 35.5 Å². The molecular formula is C52H67N11O5. The smallest absolute Gasteiger partial charge is 0.293 e. The van der Waals surface area contributed by atoms with Crippen molar-refractivity contribution in [2.75, 3.05) is 83.1 Å². The zero-order valence-electron chi connectivity index (χ0n) is 40.5. The molecule has 5 aliphatic heterocycles. The average Bonchev–Trinajstić information content (AvgIpc) is 3.90. The first-order valence-corrected chi connectivity index (χ1v) is 24.6. The van der Waals surface area contributed by atoms with Crippen molar-refractivity contribution < 1.29 is 19.5 Å². The monoisotopic (exact) mass is 926 g/mol. The van der Waals surface area contributed by atoms with Crippen molar-refractivity contribution in [2.45, 2.75) is 109 Å². The number of hydrogen-bond donors (Lipinski definition) is 4. The van der Waals surface area contributed by atoms with Crippen molar-refractivity contribution in [1.82, 2.24) is 23.9 Å². The number of aryl methyl sites for hydroxylation is 1. The van der Waals surface area contributed by atoms with Crippen LogP contribution < -0.4 is 36.2 Å². The van der Waals surface area contributed by atoms with Crippen LogP contribution in [-0.4, -0.2) is 123 Å². The van der Waals surface area contributed by atoms with Crippen molar-refractivity contribution in [3.63, 3.8) is 0 Å². The number of amides is 3. The molecule has 0 spiro atoms. The topological polar surface area (TPSA) is 164 Å². The molecule has 1 aliphatic carbocycles. The molecule has 68 heavy (non-hydrogen) atoms. The second-order valence-electron chi connectivity index (χ2n) is 21.3. The first-order valence-electron chi connectivity index (χ1n) is 24.6. The maximum absolute atomic E-state index is 14.2. The highest BCUT2D eigenvalue weighted by atomic mass is 16.3. The number of piperidine rings is 2. The van der Waals surface area contributed by atoms with E-state index in [9.17, 15) is 24.3 Å². The Balaban J connectivity index is 0.821. The molecule has 4 aromatic rings. The molecule has 2 aromatic heterocycles. The van der Waals surface area contributed by atoms with Crippen LogP contribution in [0.4, 0.5) is 40.1 Å². The third-order valence-corrected chi connectivity index (χ3v) is 15.9. The molecule has 3 fully saturated rings. The van der Waals surface area contributed by atoms with Gasteiger partial charge in [-0.2, -0.15) is 0 Å². The van der Waals surface area contributed by atoms with Crippen LogP contribution in [0.5, 0.6) is 0 Å². The fourth-order valence-electron chi connectivity index (χ4n) is 12.2. The van der Waals surface area contributed by atoms with Crippen molar-refractivity contribution in [3.8, 4) is 0 Å². The highest BCUT2D eigenvalue weighted by Crippen LogP contribution is 2.42. The molecule has 6 aliphatic rings. The molecule has 0 radical (unpaired) electrons. The summed E-state index contributed by atoms with van der Waals surface area (Å²) in [6, 6.07) is 14.2. The molecule has 10 rings (SSSR count). The summed E-state index contributed by atoms with van der Waals surface area (Å²) in [6.45, 7) is 20.6. The van der Waals surface area contributed by atoms with Crippen LogP contribution in [0, 0.1) is 5.41 Å². The van der Waals surface area contributed by atoms with Crippen LogP contribution in [0.1, 0.15) is 87.6 Å². The average molecular weight is 926 g/mol. The second kappa shape index (κ2) is 17.4. The van der Waals surface area contributed by atoms with Crippen LogP contribution in [0.3, 0.4) is 0 Å². The summed E-state index contributed by atoms with van der Waals surface area (Å²) in [6.07, 6.45) is 8.53. The minimum Gasteiger partial charge on any atom is -0.394 e. The molecule has 3 atom stereocenters. The van der Waals surface area contributed by atoms with E-state index in [0.29, 0.717) is 36.3 Å². The van der Waals surface area contributed by atoms with E-state index < -0.39 is 11.5 Å². The van der Waals surface area contributed by atoms with Crippen LogP contribution in [0.2, 0.25) is 0 Å². The first kappa shape index (κ1) is 45.6. The second-order valence-corrected chi connectivity index (χ2v) is 21.3. The first-order chi connectivity index (χ1) is 32.5. The standard InChI is InChI=1S/C52H67N11O5/c1-8-46(65)54-39-25-34(11-14-40(39)60-21-20-59(29-32(60)2)35-15-18-58(19-16-35)36-12-13-37-38(26-36)55-50(68)52(37,5)6)53-47-49(67)57(7)30-45(56-47)62-17-9-10-41(44(62)31-64)63-23-22-61-42(48(63)66)24-33-27-51(3,4)28-43(33)61/h8,11-14,24-26,30,32,35,41,44,64H,1,9-10,15-23,27-29,31H2,2-7H3,(H,53,56)(H,54,65)(H,55,68)/t32-,41?,44?/m0/s1. The molecular weight excluding hydrogens is 859 g/mol. The third kappa shape index (κ3) is 8.12. The van der Waals surface area contributed by atoms with Crippen LogP contribution in [-0.2, 0) is 41.4 Å². The molecule has 4 N–H and O–H groups in total. The van der Waals surface area contributed by atoms with Crippen molar-refractivity contribution in [2.24, 2.45) is 12.5 Å². The number of anilines is 7. The van der Waals surface area contributed by atoms with Gasteiger partial charge in [0.15, 0.2) is 5.82 Å². The Labute approximate surface area is 399 Å². The van der Waals surface area contributed by atoms with Gasteiger partial charge in [-0.25, -0.2) is 4.98 Å². The van der Waals surface area contributed by atoms with E-state index >= 15 is 0 Å². The summed E-state index contributed by atoms with van der Waals surface area (Å²) in [7, 11) is 1.69. The SMILES string of the molecule is C=CC(=O)Nc1cc(Nc2nc(N3CCCC(N4CCn5c(cc6c5CC(C)(C)C6)C4=O)C3CO)cn(C)c2=O)ccc1N1CCN(C2CCN(c3ccc4c(c3)NC(=O)C4(C)C)CC2)C[C@@H]1C. The largest absolute Gasteiger partial charge is 0.394 e. The Bertz CT molecular complexity index is 2730. The zero-order chi connectivity index (χ0) is 47.8. The number of carbonyl (C=O) groups is 3. The molecule has 3 amide bonds. The molecule has 0 bridgehead atoms. The Morgan fingerprint density at radius 2 is 1.71 bits per heavy atom. The van der Waals surface area contributed by atoms with E-state index in [0.717, 1.165) is 106 Å². The van der Waals surface area contributed by atoms with Crippen molar-refractivity contribution in [3.05, 3.63) is 94.2 Å². The maximum Gasteiger partial charge on any atom is 0.293 e. The van der Waals surface area contributed by atoms with Gasteiger partial charge < -0.3 is 49.8 Å². The highest BCUT2D eigenvalue weighted by molar-refractivity contribution is 6.06. The van der Waals surface area contributed by atoms with Gasteiger partial charge in [-0.1, -0.05) is 26.5 Å². The number of benzene rings is 2. The number of rotatable bonds is 10. The maximum atomic E-state index is 14.2. The summed E-state index contributed by atoms with van der Waals surface area (Å²) in [4.78, 5) is 69.6. The number of aliphatic hydroxyl groups excluding tert-OH is 1. The number of hydrogen-bond acceptors (Lipinski definition) is 11. The molecule has 2 unspecified atom stereocenters. The summed E-state index contributed by atoms with van der Waals surface area (Å²) in [5.41, 5.74) is 7.83. The normalized spacial score (nSPS) is 23.5. The van der Waals surface area contributed by atoms with E-state index in [4.69, 9.17) is 4.98 Å². The minimum atomic E-state index is -0.516. The Morgan fingerprint density at radius 1 is 0.926 bits per heavy atom. The Morgan fingerprint density at radius 3 is 2.46 bits per heavy atom. The summed E-state index contributed by atoms with van der Waals surface area (Å²) in [5.74, 6) is 0.359. The van der Waals surface area contributed by atoms with E-state index in [1.807, 2.05) is 41.8 Å². The lowest BCUT2D eigenvalue weighted by atomic mass is 9.86. The molecule has 16 heteroatoms. The van der Waals surface area contributed by atoms with Crippen molar-refractivity contribution in [1.29, 1.82) is 0 Å². The van der Waals surface area contributed by atoms with Gasteiger partial charge in [-0.05, 0) is 118 Å². The number of piperazine rings is 1. The number of aromatic nitrogens is 3. The number of carbonyl (C=O) groups excluding carboxylic acids is 3. The van der Waals surface area contributed by atoms with Gasteiger partial charge in [0.25, 0.3) is 11.5 Å². The lowest BCUT2D eigenvalue weighted by Gasteiger charge is -2.47. The van der Waals surface area contributed by atoms with Gasteiger partial charge in [0.1, 0.15) is 11.5 Å². The van der Waals surface area contributed by atoms with E-state index in [-0.39, 0.29) is 53.2 Å². The van der Waals surface area contributed by atoms with Crippen LogP contribution in [0.25, 0.3) is 0 Å². The van der Waals surface area contributed by atoms with E-state index in [1.165, 1.54) is 21.9 Å². The minimum absolute atomic E-state index is 0.00921. The summed E-state index contributed by atoms with van der Waals surface area (Å²) >= 11 is 0. The number of nitrogens with zero attached hydrogens (tertiary/aromatic N) is 8. The van der Waals surface area contributed by atoms with Crippen LogP contribution in [0.15, 0.2) is 66.1 Å². The predicted octanol–water partition coefficient (Wildman–Crippen LogP) is 5.47. The fourth-order valence-corrected chi connectivity index (χ4v) is 12.2. The predicted molar refractivity (Wildman–Crippen MR) is 268 cm³/mol. The molecule has 7 heterocycles. The lowest BCUT2D eigenvalue weighted by Crippen LogP contribution is -2.60. The van der Waals surface area contributed by atoms with Gasteiger partial charge in [0.2, 0.25) is 11.8 Å². The third-order valence-electron chi connectivity index (χ3n) is 15.9. The van der Waals surface area contributed by atoms with Gasteiger partial charge in [0, 0.05) is 100 Å². The molecule has 16 nitrogen and oxygen atoms in total. The molecule has 0 saturated carbocycles. The summed E-state index contributed by atoms with van der Waals surface area (Å²) in [5, 5.41) is 20.4. The summed E-state index contributed by atoms with van der Waals surface area (Å²) < 4.78 is 3.72. The quantitative estimate of drug-likeness (QED) is 0.149. The van der Waals surface area contributed by atoms with Crippen LogP contribution >= 0.6 is 0 Å². The number of nitrogens with one attached hydrogen (secondary N) is 3. The number of fused-ring (bicyclic) bond motifs is 4. The molecule has 3 saturated heterocycles. The Kier molecular flexibility index (Phi) is 11.7. The van der Waals surface area contributed by atoms with Gasteiger partial charge in [-0.15, -0.1) is 0 Å². The Hall–Kier alpha value is -6.13. The van der Waals surface area contributed by atoms with E-state index in [2.05, 4.69) is 86.8 Å². The fraction of sp³-hybridized carbons (Fsp3) is 0.519. The number of aliphatic hydroxyl groups is 1. The van der Waals surface area contributed by atoms with Gasteiger partial charge in [-0.3, -0.25) is 24.1 Å².